The van der Waals surface area contributed by atoms with Crippen LogP contribution in [0.1, 0.15) is 17.3 Å². The Morgan fingerprint density at radius 2 is 1.90 bits per heavy atom. The second-order valence-electron chi connectivity index (χ2n) is 6.07. The predicted octanol–water partition coefficient (Wildman–Crippen LogP) is 4.71. The van der Waals surface area contributed by atoms with E-state index in [1.165, 1.54) is 19.5 Å². The zero-order chi connectivity index (χ0) is 22.4. The zero-order valence-corrected chi connectivity index (χ0v) is 17.3. The van der Waals surface area contributed by atoms with Crippen molar-refractivity contribution in [1.82, 2.24) is 9.97 Å². The summed E-state index contributed by atoms with van der Waals surface area (Å²) in [6, 6.07) is 11.2. The van der Waals surface area contributed by atoms with Crippen LogP contribution in [0, 0.1) is 10.1 Å². The lowest BCUT2D eigenvalue weighted by Gasteiger charge is -2.13. The highest BCUT2D eigenvalue weighted by atomic mass is 35.5. The molecule has 0 aliphatic heterocycles. The van der Waals surface area contributed by atoms with Crippen molar-refractivity contribution in [3.8, 4) is 5.75 Å². The number of nitrogens with one attached hydrogen (secondary N) is 2. The van der Waals surface area contributed by atoms with E-state index in [1.807, 2.05) is 0 Å². The van der Waals surface area contributed by atoms with Gasteiger partial charge in [0.1, 0.15) is 12.1 Å². The van der Waals surface area contributed by atoms with Crippen LogP contribution in [-0.4, -0.2) is 34.6 Å². The molecule has 0 saturated carbocycles. The number of rotatable bonds is 8. The van der Waals surface area contributed by atoms with Gasteiger partial charge < -0.3 is 20.1 Å². The van der Waals surface area contributed by atoms with Crippen LogP contribution in [0.25, 0.3) is 0 Å². The fraction of sp³-hybridized carbons (Fsp3) is 0.150. The quantitative estimate of drug-likeness (QED) is 0.289. The lowest BCUT2D eigenvalue weighted by atomic mass is 10.2. The smallest absolute Gasteiger partial charge is 0.353 e. The summed E-state index contributed by atoms with van der Waals surface area (Å²) in [5.74, 6) is -0.207. The van der Waals surface area contributed by atoms with E-state index in [1.54, 1.807) is 43.3 Å². The molecular formula is C20H18ClN5O5. The summed E-state index contributed by atoms with van der Waals surface area (Å²) in [5.41, 5.74) is 0.710. The van der Waals surface area contributed by atoms with Crippen molar-refractivity contribution >= 4 is 46.3 Å². The van der Waals surface area contributed by atoms with Gasteiger partial charge in [0.2, 0.25) is 11.6 Å². The number of carbonyl (C=O) groups is 1. The molecular weight excluding hydrogens is 426 g/mol. The minimum Gasteiger partial charge on any atom is -0.495 e. The van der Waals surface area contributed by atoms with Gasteiger partial charge in [0.15, 0.2) is 0 Å². The fourth-order valence-electron chi connectivity index (χ4n) is 2.72. The molecule has 11 heteroatoms. The number of benzene rings is 2. The van der Waals surface area contributed by atoms with E-state index in [0.29, 0.717) is 27.7 Å². The molecule has 0 unspecified atom stereocenters. The molecule has 0 radical (unpaired) electrons. The largest absolute Gasteiger partial charge is 0.495 e. The van der Waals surface area contributed by atoms with Crippen LogP contribution in [0.5, 0.6) is 5.75 Å². The van der Waals surface area contributed by atoms with Crippen molar-refractivity contribution in [1.29, 1.82) is 0 Å². The molecule has 160 valence electrons. The molecule has 0 aliphatic rings. The summed E-state index contributed by atoms with van der Waals surface area (Å²) < 4.78 is 10.2. The molecule has 1 aromatic heterocycles. The Morgan fingerprint density at radius 1 is 1.16 bits per heavy atom. The number of nitrogens with zero attached hydrogens (tertiary/aromatic N) is 3. The molecule has 0 amide bonds. The molecule has 2 N–H and O–H groups in total. The lowest BCUT2D eigenvalue weighted by Crippen LogP contribution is -2.07. The van der Waals surface area contributed by atoms with Crippen molar-refractivity contribution in [3.05, 3.63) is 69.5 Å². The van der Waals surface area contributed by atoms with Gasteiger partial charge in [-0.1, -0.05) is 17.7 Å². The number of halogens is 1. The van der Waals surface area contributed by atoms with E-state index in [0.717, 1.165) is 0 Å². The normalized spacial score (nSPS) is 10.3. The topological polar surface area (TPSA) is 129 Å². The fourth-order valence-corrected chi connectivity index (χ4v) is 2.89. The Labute approximate surface area is 182 Å². The van der Waals surface area contributed by atoms with Crippen molar-refractivity contribution in [2.75, 3.05) is 24.4 Å². The molecule has 0 atom stereocenters. The first-order valence-electron chi connectivity index (χ1n) is 9.07. The van der Waals surface area contributed by atoms with Crippen LogP contribution in [0.4, 0.5) is 28.7 Å². The molecule has 3 aromatic rings. The summed E-state index contributed by atoms with van der Waals surface area (Å²) in [5, 5.41) is 18.0. The van der Waals surface area contributed by atoms with Crippen molar-refractivity contribution < 1.29 is 19.2 Å². The highest BCUT2D eigenvalue weighted by Crippen LogP contribution is 2.36. The van der Waals surface area contributed by atoms with Crippen molar-refractivity contribution in [2.24, 2.45) is 0 Å². The minimum atomic E-state index is -0.614. The number of aromatic nitrogens is 2. The van der Waals surface area contributed by atoms with Gasteiger partial charge in [-0.2, -0.15) is 0 Å². The molecule has 0 aliphatic carbocycles. The van der Waals surface area contributed by atoms with Gasteiger partial charge in [0.25, 0.3) is 0 Å². The van der Waals surface area contributed by atoms with Crippen molar-refractivity contribution in [3.63, 3.8) is 0 Å². The summed E-state index contributed by atoms with van der Waals surface area (Å²) in [6.07, 6.45) is 1.17. The van der Waals surface area contributed by atoms with Gasteiger partial charge in [-0.25, -0.2) is 14.8 Å². The van der Waals surface area contributed by atoms with E-state index < -0.39 is 16.6 Å². The van der Waals surface area contributed by atoms with E-state index >= 15 is 0 Å². The minimum absolute atomic E-state index is 0.0652. The monoisotopic (exact) mass is 443 g/mol. The Balaban J connectivity index is 1.97. The molecule has 0 fully saturated rings. The second-order valence-corrected chi connectivity index (χ2v) is 6.51. The molecule has 0 bridgehead atoms. The van der Waals surface area contributed by atoms with Crippen LogP contribution in [0.15, 0.2) is 48.8 Å². The van der Waals surface area contributed by atoms with E-state index in [4.69, 9.17) is 21.1 Å². The first-order valence-corrected chi connectivity index (χ1v) is 9.45. The SMILES string of the molecule is CCOC(=O)c1cccc(Nc2ncnc(Nc3cc(Cl)ccc3OC)c2[N+](=O)[O-])c1. The number of carbonyl (C=O) groups excluding carboxylic acids is 1. The average Bonchev–Trinajstić information content (AvgIpc) is 2.74. The average molecular weight is 444 g/mol. The molecule has 31 heavy (non-hydrogen) atoms. The van der Waals surface area contributed by atoms with E-state index in [-0.39, 0.29) is 18.2 Å². The molecule has 0 spiro atoms. The maximum absolute atomic E-state index is 12.0. The number of anilines is 4. The van der Waals surface area contributed by atoms with E-state index in [9.17, 15) is 14.9 Å². The molecule has 0 saturated heterocycles. The number of methoxy groups -OCH3 is 1. The van der Waals surface area contributed by atoms with Crippen LogP contribution >= 0.6 is 11.6 Å². The van der Waals surface area contributed by atoms with E-state index in [2.05, 4.69) is 20.6 Å². The number of hydrogen-bond acceptors (Lipinski definition) is 9. The third-order valence-corrected chi connectivity index (χ3v) is 4.29. The first-order chi connectivity index (χ1) is 14.9. The first kappa shape index (κ1) is 21.8. The highest BCUT2D eigenvalue weighted by molar-refractivity contribution is 6.31. The third kappa shape index (κ3) is 5.17. The number of hydrogen-bond donors (Lipinski definition) is 2. The third-order valence-electron chi connectivity index (χ3n) is 4.06. The number of ether oxygens (including phenoxy) is 2. The predicted molar refractivity (Wildman–Crippen MR) is 116 cm³/mol. The summed E-state index contributed by atoms with van der Waals surface area (Å²) >= 11 is 6.03. The maximum atomic E-state index is 12.0. The summed E-state index contributed by atoms with van der Waals surface area (Å²) in [7, 11) is 1.46. The highest BCUT2D eigenvalue weighted by Gasteiger charge is 2.24. The van der Waals surface area contributed by atoms with Crippen molar-refractivity contribution in [2.45, 2.75) is 6.92 Å². The molecule has 3 rings (SSSR count). The molecule has 2 aromatic carbocycles. The van der Waals surface area contributed by atoms with Crippen LogP contribution in [0.2, 0.25) is 5.02 Å². The summed E-state index contributed by atoms with van der Waals surface area (Å²) in [6.45, 7) is 1.93. The van der Waals surface area contributed by atoms with Crippen LogP contribution < -0.4 is 15.4 Å². The molecule has 1 heterocycles. The van der Waals surface area contributed by atoms with Gasteiger partial charge >= 0.3 is 11.7 Å². The second kappa shape index (κ2) is 9.72. The van der Waals surface area contributed by atoms with Gasteiger partial charge in [-0.05, 0) is 43.3 Å². The molecule has 10 nitrogen and oxygen atoms in total. The Kier molecular flexibility index (Phi) is 6.83. The number of esters is 1. The van der Waals surface area contributed by atoms with Gasteiger partial charge in [-0.15, -0.1) is 0 Å². The maximum Gasteiger partial charge on any atom is 0.353 e. The van der Waals surface area contributed by atoms with Crippen LogP contribution in [-0.2, 0) is 4.74 Å². The lowest BCUT2D eigenvalue weighted by molar-refractivity contribution is -0.383. The van der Waals surface area contributed by atoms with Gasteiger partial charge in [0, 0.05) is 10.7 Å². The standard InChI is InChI=1S/C20H18ClN5O5/c1-3-31-20(27)12-5-4-6-14(9-12)24-18-17(26(28)29)19(23-11-22-18)25-15-10-13(21)7-8-16(15)30-2/h4-11H,3H2,1-2H3,(H2,22,23,24,25). The Morgan fingerprint density at radius 3 is 2.58 bits per heavy atom. The van der Waals surface area contributed by atoms with Gasteiger partial charge in [0.05, 0.1) is 29.9 Å². The Bertz CT molecular complexity index is 1120. The summed E-state index contributed by atoms with van der Waals surface area (Å²) in [4.78, 5) is 31.1. The zero-order valence-electron chi connectivity index (χ0n) is 16.6. The van der Waals surface area contributed by atoms with Crippen LogP contribution in [0.3, 0.4) is 0 Å². The number of nitro groups is 1. The Hall–Kier alpha value is -3.92. The van der Waals surface area contributed by atoms with Gasteiger partial charge in [-0.3, -0.25) is 10.1 Å².